The van der Waals surface area contributed by atoms with Crippen LogP contribution in [0.1, 0.15) is 17.5 Å². The molecule has 0 radical (unpaired) electrons. The number of hydrogen-bond acceptors (Lipinski definition) is 2. The predicted molar refractivity (Wildman–Crippen MR) is 81.0 cm³/mol. The van der Waals surface area contributed by atoms with Gasteiger partial charge in [-0.25, -0.2) is 0 Å². The van der Waals surface area contributed by atoms with E-state index in [4.69, 9.17) is 5.73 Å². The van der Waals surface area contributed by atoms with Crippen molar-refractivity contribution in [3.63, 3.8) is 0 Å². The quantitative estimate of drug-likeness (QED) is 0.911. The molecule has 4 rings (SSSR count). The minimum Gasteiger partial charge on any atom is -0.369 e. The van der Waals surface area contributed by atoms with Gasteiger partial charge in [-0.05, 0) is 35.4 Å². The van der Waals surface area contributed by atoms with Crippen LogP contribution < -0.4 is 10.6 Å². The maximum Gasteiger partial charge on any atom is 0.227 e. The van der Waals surface area contributed by atoms with E-state index in [2.05, 4.69) is 18.2 Å². The van der Waals surface area contributed by atoms with Gasteiger partial charge in [0.25, 0.3) is 0 Å². The highest BCUT2D eigenvalue weighted by Gasteiger charge is 2.35. The molecule has 1 saturated heterocycles. The van der Waals surface area contributed by atoms with Crippen molar-refractivity contribution in [2.24, 2.45) is 11.7 Å². The Morgan fingerprint density at radius 2 is 1.90 bits per heavy atom. The maximum absolute atomic E-state index is 12.2. The smallest absolute Gasteiger partial charge is 0.227 e. The van der Waals surface area contributed by atoms with Crippen molar-refractivity contribution in [3.8, 4) is 0 Å². The number of nitrogens with zero attached hydrogens (tertiary/aromatic N) is 1. The number of benzene rings is 2. The van der Waals surface area contributed by atoms with Crippen LogP contribution in [-0.2, 0) is 22.4 Å². The normalized spacial score (nSPS) is 20.5. The molecule has 0 saturated carbocycles. The minimum absolute atomic E-state index is 0.0162. The van der Waals surface area contributed by atoms with E-state index in [9.17, 15) is 9.59 Å². The second-order valence-corrected chi connectivity index (χ2v) is 5.89. The molecular weight excluding hydrogens is 264 g/mol. The Hall–Kier alpha value is -2.36. The van der Waals surface area contributed by atoms with Gasteiger partial charge in [0.1, 0.15) is 0 Å². The van der Waals surface area contributed by atoms with Crippen LogP contribution in [0, 0.1) is 5.92 Å². The topological polar surface area (TPSA) is 63.4 Å². The summed E-state index contributed by atoms with van der Waals surface area (Å²) < 4.78 is 0. The molecule has 21 heavy (non-hydrogen) atoms. The van der Waals surface area contributed by atoms with E-state index in [0.717, 1.165) is 23.9 Å². The SMILES string of the molecule is NC(=O)C1CC(=O)N(c2ccc3c4c(cccc24)CC3)C1. The number of amides is 2. The van der Waals surface area contributed by atoms with Gasteiger partial charge in [-0.1, -0.05) is 24.3 Å². The Balaban J connectivity index is 1.85. The largest absolute Gasteiger partial charge is 0.369 e. The lowest BCUT2D eigenvalue weighted by molar-refractivity contribution is -0.123. The van der Waals surface area contributed by atoms with E-state index in [1.54, 1.807) is 4.90 Å². The van der Waals surface area contributed by atoms with Crippen LogP contribution in [0.15, 0.2) is 30.3 Å². The summed E-state index contributed by atoms with van der Waals surface area (Å²) in [6, 6.07) is 10.4. The van der Waals surface area contributed by atoms with Gasteiger partial charge in [-0.2, -0.15) is 0 Å². The average Bonchev–Trinajstić information content (AvgIpc) is 3.05. The van der Waals surface area contributed by atoms with Crippen molar-refractivity contribution >= 4 is 28.3 Å². The highest BCUT2D eigenvalue weighted by Crippen LogP contribution is 2.38. The minimum atomic E-state index is -0.392. The first-order valence-electron chi connectivity index (χ1n) is 7.28. The van der Waals surface area contributed by atoms with Gasteiger partial charge in [0.15, 0.2) is 0 Å². The van der Waals surface area contributed by atoms with Gasteiger partial charge >= 0.3 is 0 Å². The first-order chi connectivity index (χ1) is 10.1. The Labute approximate surface area is 122 Å². The van der Waals surface area contributed by atoms with Crippen molar-refractivity contribution < 1.29 is 9.59 Å². The van der Waals surface area contributed by atoms with Crippen LogP contribution in [0.25, 0.3) is 10.8 Å². The number of nitrogens with two attached hydrogens (primary N) is 1. The van der Waals surface area contributed by atoms with E-state index in [0.29, 0.717) is 6.54 Å². The van der Waals surface area contributed by atoms with E-state index in [-0.39, 0.29) is 18.2 Å². The lowest BCUT2D eigenvalue weighted by atomic mass is 10.0. The first-order valence-corrected chi connectivity index (χ1v) is 7.28. The molecule has 0 aromatic heterocycles. The Morgan fingerprint density at radius 3 is 2.62 bits per heavy atom. The average molecular weight is 280 g/mol. The molecule has 2 aromatic rings. The van der Waals surface area contributed by atoms with Crippen LogP contribution in [0.5, 0.6) is 0 Å². The van der Waals surface area contributed by atoms with Gasteiger partial charge < -0.3 is 10.6 Å². The molecule has 1 aliphatic carbocycles. The lowest BCUT2D eigenvalue weighted by Crippen LogP contribution is -2.28. The molecular formula is C17H16N2O2. The summed E-state index contributed by atoms with van der Waals surface area (Å²) >= 11 is 0. The van der Waals surface area contributed by atoms with Crippen molar-refractivity contribution in [2.45, 2.75) is 19.3 Å². The Bertz CT molecular complexity index is 771. The van der Waals surface area contributed by atoms with Gasteiger partial charge in [0.05, 0.1) is 11.6 Å². The molecule has 2 aromatic carbocycles. The summed E-state index contributed by atoms with van der Waals surface area (Å²) in [7, 11) is 0. The summed E-state index contributed by atoms with van der Waals surface area (Å²) in [6.07, 6.45) is 2.35. The molecule has 4 nitrogen and oxygen atoms in total. The lowest BCUT2D eigenvalue weighted by Gasteiger charge is -2.19. The van der Waals surface area contributed by atoms with Crippen LogP contribution in [0.4, 0.5) is 5.69 Å². The van der Waals surface area contributed by atoms with Crippen molar-refractivity contribution in [1.29, 1.82) is 0 Å². The van der Waals surface area contributed by atoms with Crippen molar-refractivity contribution in [2.75, 3.05) is 11.4 Å². The second-order valence-electron chi connectivity index (χ2n) is 5.89. The Kier molecular flexibility index (Phi) is 2.55. The molecule has 1 heterocycles. The third-order valence-electron chi connectivity index (χ3n) is 4.67. The molecule has 0 bridgehead atoms. The third kappa shape index (κ3) is 1.75. The number of aryl methyl sites for hydroxylation is 2. The zero-order chi connectivity index (χ0) is 14.6. The van der Waals surface area contributed by atoms with Gasteiger partial charge in [-0.15, -0.1) is 0 Å². The van der Waals surface area contributed by atoms with Crippen molar-refractivity contribution in [1.82, 2.24) is 0 Å². The number of rotatable bonds is 2. The van der Waals surface area contributed by atoms with E-state index in [1.165, 1.54) is 16.5 Å². The monoisotopic (exact) mass is 280 g/mol. The number of hydrogen-bond donors (Lipinski definition) is 1. The number of anilines is 1. The molecule has 106 valence electrons. The van der Waals surface area contributed by atoms with Crippen LogP contribution in [0.2, 0.25) is 0 Å². The number of primary amides is 1. The van der Waals surface area contributed by atoms with Gasteiger partial charge in [0, 0.05) is 18.4 Å². The molecule has 2 N–H and O–H groups in total. The molecule has 1 fully saturated rings. The predicted octanol–water partition coefficient (Wildman–Crippen LogP) is 1.78. The van der Waals surface area contributed by atoms with E-state index in [1.807, 2.05) is 12.1 Å². The summed E-state index contributed by atoms with van der Waals surface area (Å²) in [5.41, 5.74) is 8.96. The number of carbonyl (C=O) groups excluding carboxylic acids is 2. The fourth-order valence-corrected chi connectivity index (χ4v) is 3.60. The highest BCUT2D eigenvalue weighted by atomic mass is 16.2. The molecule has 0 spiro atoms. The summed E-state index contributed by atoms with van der Waals surface area (Å²) in [5, 5.41) is 2.39. The fourth-order valence-electron chi connectivity index (χ4n) is 3.60. The summed E-state index contributed by atoms with van der Waals surface area (Å²) in [5.74, 6) is -0.783. The highest BCUT2D eigenvalue weighted by molar-refractivity contribution is 6.08. The van der Waals surface area contributed by atoms with Crippen LogP contribution in [-0.4, -0.2) is 18.4 Å². The fraction of sp³-hybridized carbons (Fsp3) is 0.294. The second kappa shape index (κ2) is 4.32. The molecule has 2 aliphatic rings. The summed E-state index contributed by atoms with van der Waals surface area (Å²) in [4.78, 5) is 25.3. The number of carbonyl (C=O) groups is 2. The zero-order valence-corrected chi connectivity index (χ0v) is 11.6. The summed E-state index contributed by atoms with van der Waals surface area (Å²) in [6.45, 7) is 0.396. The standard InChI is InChI=1S/C17H16N2O2/c18-17(21)12-8-15(20)19(9-12)14-7-6-11-5-4-10-2-1-3-13(14)16(10)11/h1-3,6-7,12H,4-5,8-9H2,(H2,18,21). The van der Waals surface area contributed by atoms with E-state index >= 15 is 0 Å². The first kappa shape index (κ1) is 12.4. The third-order valence-corrected chi connectivity index (χ3v) is 4.67. The molecule has 2 amide bonds. The molecule has 1 unspecified atom stereocenters. The maximum atomic E-state index is 12.2. The molecule has 4 heteroatoms. The van der Waals surface area contributed by atoms with Crippen LogP contribution in [0.3, 0.4) is 0 Å². The molecule has 1 atom stereocenters. The molecule has 1 aliphatic heterocycles. The van der Waals surface area contributed by atoms with Gasteiger partial charge in [0.2, 0.25) is 11.8 Å². The zero-order valence-electron chi connectivity index (χ0n) is 11.6. The van der Waals surface area contributed by atoms with Crippen LogP contribution >= 0.6 is 0 Å². The van der Waals surface area contributed by atoms with E-state index < -0.39 is 5.91 Å². The Morgan fingerprint density at radius 1 is 1.14 bits per heavy atom. The van der Waals surface area contributed by atoms with Gasteiger partial charge in [-0.3, -0.25) is 9.59 Å². The van der Waals surface area contributed by atoms with Crippen molar-refractivity contribution in [3.05, 3.63) is 41.5 Å².